The summed E-state index contributed by atoms with van der Waals surface area (Å²) in [6.45, 7) is 9.32. The van der Waals surface area contributed by atoms with Gasteiger partial charge in [-0.25, -0.2) is 13.6 Å². The van der Waals surface area contributed by atoms with Gasteiger partial charge in [-0.3, -0.25) is 4.98 Å². The van der Waals surface area contributed by atoms with Crippen LogP contribution in [0.3, 0.4) is 0 Å². The van der Waals surface area contributed by atoms with Gasteiger partial charge in [0.25, 0.3) is 6.43 Å². The zero-order valence-electron chi connectivity index (χ0n) is 19.3. The number of rotatable bonds is 4. The molecule has 32 heavy (non-hydrogen) atoms. The Morgan fingerprint density at radius 1 is 1.34 bits per heavy atom. The van der Waals surface area contributed by atoms with Crippen LogP contribution in [0.15, 0.2) is 29.6 Å². The van der Waals surface area contributed by atoms with Crippen LogP contribution >= 0.6 is 0 Å². The number of halogens is 2. The number of nitrogens with one attached hydrogen (secondary N) is 1. The van der Waals surface area contributed by atoms with E-state index >= 15 is 0 Å². The first-order valence-electron chi connectivity index (χ1n) is 10.8. The number of methoxy groups -OCH3 is 1. The van der Waals surface area contributed by atoms with E-state index in [1.165, 1.54) is 13.3 Å². The van der Waals surface area contributed by atoms with E-state index in [1.807, 2.05) is 27.7 Å². The van der Waals surface area contributed by atoms with Gasteiger partial charge in [0.05, 0.1) is 31.2 Å². The molecule has 1 fully saturated rings. The van der Waals surface area contributed by atoms with Gasteiger partial charge in [-0.15, -0.1) is 0 Å². The standard InChI is InChI=1S/C20H20F2N2O4.2C2H6/c1-27-18-10-24-17(19(21)22)8-15(18)14-7-13(23-9-16(14)20(25)26)5-4-12-3-2-6-28-11-12;2*1-2/h7-8,10,12,19,23H,2-3,6,9,11H2,1H3,(H,25,26);2*1-2H3. The van der Waals surface area contributed by atoms with Crippen molar-refractivity contribution in [1.82, 2.24) is 10.3 Å². The largest absolute Gasteiger partial charge is 0.494 e. The maximum Gasteiger partial charge on any atom is 0.334 e. The van der Waals surface area contributed by atoms with Gasteiger partial charge in [0.15, 0.2) is 0 Å². The van der Waals surface area contributed by atoms with Gasteiger partial charge >= 0.3 is 5.97 Å². The molecule has 0 radical (unpaired) electrons. The second-order valence-electron chi connectivity index (χ2n) is 6.40. The first kappa shape index (κ1) is 27.1. The zero-order valence-corrected chi connectivity index (χ0v) is 19.3. The summed E-state index contributed by atoms with van der Waals surface area (Å²) in [5.74, 6) is 5.32. The third kappa shape index (κ3) is 7.34. The first-order valence-corrected chi connectivity index (χ1v) is 10.8. The number of aromatic nitrogens is 1. The van der Waals surface area contributed by atoms with Gasteiger partial charge in [-0.1, -0.05) is 33.6 Å². The lowest BCUT2D eigenvalue weighted by molar-refractivity contribution is -0.132. The summed E-state index contributed by atoms with van der Waals surface area (Å²) in [4.78, 5) is 15.4. The SMILES string of the molecule is CC.CC.COc1cnc(C(F)F)cc1C1=C(C(=O)O)CNC(C#CC2CCCOC2)=C1. The Morgan fingerprint density at radius 3 is 2.62 bits per heavy atom. The lowest BCUT2D eigenvalue weighted by Crippen LogP contribution is -2.25. The van der Waals surface area contributed by atoms with Gasteiger partial charge < -0.3 is 19.9 Å². The highest BCUT2D eigenvalue weighted by Gasteiger charge is 2.23. The molecule has 0 aliphatic carbocycles. The van der Waals surface area contributed by atoms with Crippen LogP contribution < -0.4 is 10.1 Å². The van der Waals surface area contributed by atoms with E-state index in [1.54, 1.807) is 6.08 Å². The Kier molecular flexibility index (Phi) is 12.0. The molecule has 0 saturated carbocycles. The number of ether oxygens (including phenoxy) is 2. The topological polar surface area (TPSA) is 80.7 Å². The summed E-state index contributed by atoms with van der Waals surface area (Å²) in [7, 11) is 1.37. The molecule has 0 aromatic carbocycles. The van der Waals surface area contributed by atoms with Crippen molar-refractivity contribution in [2.24, 2.45) is 5.92 Å². The van der Waals surface area contributed by atoms with E-state index in [2.05, 4.69) is 22.1 Å². The second-order valence-corrected chi connectivity index (χ2v) is 6.40. The summed E-state index contributed by atoms with van der Waals surface area (Å²) in [6.07, 6.45) is 1.83. The van der Waals surface area contributed by atoms with E-state index < -0.39 is 18.1 Å². The number of hydrogen-bond donors (Lipinski definition) is 2. The van der Waals surface area contributed by atoms with Crippen molar-refractivity contribution in [1.29, 1.82) is 0 Å². The molecule has 0 bridgehead atoms. The summed E-state index contributed by atoms with van der Waals surface area (Å²) in [6, 6.07) is 1.16. The summed E-state index contributed by atoms with van der Waals surface area (Å²) >= 11 is 0. The first-order chi connectivity index (χ1) is 15.5. The molecular formula is C24H32F2N2O4. The van der Waals surface area contributed by atoms with Crippen LogP contribution in [-0.4, -0.2) is 42.9 Å². The maximum absolute atomic E-state index is 13.1. The van der Waals surface area contributed by atoms with Crippen molar-refractivity contribution >= 4 is 11.5 Å². The average molecular weight is 451 g/mol. The molecule has 2 N–H and O–H groups in total. The van der Waals surface area contributed by atoms with Crippen molar-refractivity contribution in [2.75, 3.05) is 26.9 Å². The molecule has 1 atom stereocenters. The smallest absolute Gasteiger partial charge is 0.334 e. The van der Waals surface area contributed by atoms with Gasteiger partial charge in [0.2, 0.25) is 0 Å². The highest BCUT2D eigenvalue weighted by atomic mass is 19.3. The van der Waals surface area contributed by atoms with Crippen LogP contribution in [0.4, 0.5) is 8.78 Å². The molecule has 1 aromatic rings. The number of nitrogens with zero attached hydrogens (tertiary/aromatic N) is 1. The molecule has 0 amide bonds. The molecule has 176 valence electrons. The quantitative estimate of drug-likeness (QED) is 0.640. The van der Waals surface area contributed by atoms with Gasteiger partial charge in [0, 0.05) is 30.2 Å². The fourth-order valence-electron chi connectivity index (χ4n) is 3.06. The van der Waals surface area contributed by atoms with Crippen LogP contribution in [0, 0.1) is 17.8 Å². The fraction of sp³-hybridized carbons (Fsp3) is 0.500. The monoisotopic (exact) mass is 450 g/mol. The third-order valence-corrected chi connectivity index (χ3v) is 4.52. The van der Waals surface area contributed by atoms with Crippen LogP contribution in [0.25, 0.3) is 5.57 Å². The number of dihydropyridines is 1. The minimum Gasteiger partial charge on any atom is -0.494 e. The summed E-state index contributed by atoms with van der Waals surface area (Å²) in [5.41, 5.74) is 0.620. The maximum atomic E-state index is 13.1. The van der Waals surface area contributed by atoms with E-state index in [0.717, 1.165) is 25.5 Å². The molecule has 0 spiro atoms. The molecule has 6 nitrogen and oxygen atoms in total. The molecular weight excluding hydrogens is 418 g/mol. The van der Waals surface area contributed by atoms with Gasteiger partial charge in [-0.2, -0.15) is 0 Å². The van der Waals surface area contributed by atoms with E-state index in [-0.39, 0.29) is 34.9 Å². The van der Waals surface area contributed by atoms with E-state index in [9.17, 15) is 18.7 Å². The van der Waals surface area contributed by atoms with Gasteiger partial charge in [0.1, 0.15) is 11.4 Å². The van der Waals surface area contributed by atoms with Crippen molar-refractivity contribution in [3.05, 3.63) is 40.9 Å². The van der Waals surface area contributed by atoms with Crippen LogP contribution in [0.1, 0.15) is 58.2 Å². The number of hydrogen-bond acceptors (Lipinski definition) is 5. The number of carbonyl (C=O) groups is 1. The Morgan fingerprint density at radius 2 is 2.06 bits per heavy atom. The lowest BCUT2D eigenvalue weighted by atomic mass is 9.95. The predicted molar refractivity (Wildman–Crippen MR) is 120 cm³/mol. The summed E-state index contributed by atoms with van der Waals surface area (Å²) in [5, 5.41) is 12.5. The Balaban J connectivity index is 0.00000121. The van der Waals surface area contributed by atoms with Gasteiger partial charge in [-0.05, 0) is 30.9 Å². The molecule has 1 unspecified atom stereocenters. The molecule has 3 heterocycles. The van der Waals surface area contributed by atoms with E-state index in [0.29, 0.717) is 12.3 Å². The lowest BCUT2D eigenvalue weighted by Gasteiger charge is -2.20. The Labute approximate surface area is 188 Å². The minimum absolute atomic E-state index is 0.0157. The number of allylic oxidation sites excluding steroid dienone is 3. The molecule has 1 saturated heterocycles. The number of pyridine rings is 1. The molecule has 2 aliphatic heterocycles. The number of alkyl halides is 2. The predicted octanol–water partition coefficient (Wildman–Crippen LogP) is 4.84. The number of carboxylic acids is 1. The number of carboxylic acid groups (broad SMARTS) is 1. The zero-order chi connectivity index (χ0) is 24.1. The Hall–Kier alpha value is -2.92. The van der Waals surface area contributed by atoms with Crippen molar-refractivity contribution in [3.8, 4) is 17.6 Å². The average Bonchev–Trinajstić information content (AvgIpc) is 2.85. The molecule has 3 rings (SSSR count). The molecule has 1 aromatic heterocycles. The number of aliphatic carboxylic acids is 1. The normalized spacial score (nSPS) is 17.4. The van der Waals surface area contributed by atoms with Crippen molar-refractivity contribution in [2.45, 2.75) is 47.0 Å². The summed E-state index contributed by atoms with van der Waals surface area (Å²) < 4.78 is 36.8. The fourth-order valence-corrected chi connectivity index (χ4v) is 3.06. The highest BCUT2D eigenvalue weighted by Crippen LogP contribution is 2.33. The highest BCUT2D eigenvalue weighted by molar-refractivity contribution is 6.01. The van der Waals surface area contributed by atoms with Crippen LogP contribution in [-0.2, 0) is 9.53 Å². The molecule has 8 heteroatoms. The minimum atomic E-state index is -2.78. The van der Waals surface area contributed by atoms with E-state index in [4.69, 9.17) is 9.47 Å². The van der Waals surface area contributed by atoms with Crippen LogP contribution in [0.5, 0.6) is 5.75 Å². The third-order valence-electron chi connectivity index (χ3n) is 4.52. The van der Waals surface area contributed by atoms with Crippen molar-refractivity contribution in [3.63, 3.8) is 0 Å². The molecule has 2 aliphatic rings. The van der Waals surface area contributed by atoms with Crippen molar-refractivity contribution < 1.29 is 28.2 Å². The van der Waals surface area contributed by atoms with Crippen LogP contribution in [0.2, 0.25) is 0 Å². The Bertz CT molecular complexity index is 880. The second kappa shape index (κ2) is 14.2.